The highest BCUT2D eigenvalue weighted by Crippen LogP contribution is 2.61. The van der Waals surface area contributed by atoms with Crippen molar-refractivity contribution >= 4 is 5.97 Å². The van der Waals surface area contributed by atoms with Crippen molar-refractivity contribution in [2.24, 2.45) is 5.92 Å². The number of carbonyl (C=O) groups is 1. The summed E-state index contributed by atoms with van der Waals surface area (Å²) in [7, 11) is 0. The third-order valence-corrected chi connectivity index (χ3v) is 3.73. The molecule has 15 heteroatoms. The summed E-state index contributed by atoms with van der Waals surface area (Å²) in [6.45, 7) is 4.54. The van der Waals surface area contributed by atoms with Gasteiger partial charge in [-0.1, -0.05) is 6.92 Å². The molecule has 0 aliphatic rings. The Hall–Kier alpha value is -1.44. The van der Waals surface area contributed by atoms with Gasteiger partial charge in [0.25, 0.3) is 0 Å². The van der Waals surface area contributed by atoms with Gasteiger partial charge in [0.2, 0.25) is 0 Å². The van der Waals surface area contributed by atoms with Gasteiger partial charge in [0.05, 0.1) is 5.92 Å². The molecule has 0 aromatic rings. The molecular weight excluding hydrogens is 459 g/mol. The fraction of sp³-hybridized carbons (Fsp3) is 0.933. The van der Waals surface area contributed by atoms with Gasteiger partial charge in [-0.05, 0) is 27.2 Å². The van der Waals surface area contributed by atoms with E-state index in [-0.39, 0.29) is 0 Å². The molecule has 0 rings (SSSR count). The minimum absolute atomic E-state index is 0.763. The SMILES string of the molecule is CCC(CC(F)(F)C(F)(F)C(F)(F)C(F)(F)C(F)(F)C(F)(F)F)C(=O)OC(C)(C)C. The number of esters is 1. The zero-order chi connectivity index (χ0) is 24.8. The third-order valence-electron chi connectivity index (χ3n) is 3.73. The van der Waals surface area contributed by atoms with Gasteiger partial charge < -0.3 is 4.74 Å². The second-order valence-electron chi connectivity index (χ2n) is 7.34. The Morgan fingerprint density at radius 3 is 1.37 bits per heavy atom. The molecule has 30 heavy (non-hydrogen) atoms. The third kappa shape index (κ3) is 4.89. The van der Waals surface area contributed by atoms with E-state index in [0.29, 0.717) is 0 Å². The number of hydrogen-bond acceptors (Lipinski definition) is 2. The van der Waals surface area contributed by atoms with E-state index in [1.807, 2.05) is 0 Å². The molecule has 0 heterocycles. The molecule has 0 aromatic heterocycles. The minimum Gasteiger partial charge on any atom is -0.460 e. The first-order valence-electron chi connectivity index (χ1n) is 7.98. The van der Waals surface area contributed by atoms with E-state index in [0.717, 1.165) is 6.92 Å². The van der Waals surface area contributed by atoms with E-state index in [1.54, 1.807) is 0 Å². The van der Waals surface area contributed by atoms with Crippen LogP contribution in [0.2, 0.25) is 0 Å². The smallest absolute Gasteiger partial charge is 0.460 e. The van der Waals surface area contributed by atoms with Crippen LogP contribution in [-0.4, -0.2) is 47.4 Å². The van der Waals surface area contributed by atoms with Crippen molar-refractivity contribution in [3.63, 3.8) is 0 Å². The second kappa shape index (κ2) is 7.92. The van der Waals surface area contributed by atoms with E-state index in [9.17, 15) is 61.9 Å². The van der Waals surface area contributed by atoms with Crippen LogP contribution in [0.5, 0.6) is 0 Å². The largest absolute Gasteiger partial charge is 0.460 e. The van der Waals surface area contributed by atoms with E-state index < -0.39 is 66.1 Å². The lowest BCUT2D eigenvalue weighted by atomic mass is 9.88. The van der Waals surface area contributed by atoms with Crippen molar-refractivity contribution < 1.29 is 66.6 Å². The van der Waals surface area contributed by atoms with Gasteiger partial charge in [0.15, 0.2) is 0 Å². The molecule has 0 spiro atoms. The van der Waals surface area contributed by atoms with Gasteiger partial charge in [-0.15, -0.1) is 0 Å². The maximum Gasteiger partial charge on any atom is 0.460 e. The highest BCUT2D eigenvalue weighted by Gasteiger charge is 2.90. The van der Waals surface area contributed by atoms with Gasteiger partial charge >= 0.3 is 41.8 Å². The second-order valence-corrected chi connectivity index (χ2v) is 7.34. The summed E-state index contributed by atoms with van der Waals surface area (Å²) >= 11 is 0. The Bertz CT molecular complexity index is 617. The van der Waals surface area contributed by atoms with Crippen LogP contribution in [0.1, 0.15) is 40.5 Å². The van der Waals surface area contributed by atoms with Crippen LogP contribution < -0.4 is 0 Å². The molecule has 180 valence electrons. The summed E-state index contributed by atoms with van der Waals surface area (Å²) in [4.78, 5) is 11.7. The molecule has 0 N–H and O–H groups in total. The zero-order valence-corrected chi connectivity index (χ0v) is 15.7. The first kappa shape index (κ1) is 28.6. The predicted molar refractivity (Wildman–Crippen MR) is 75.0 cm³/mol. The molecule has 0 aliphatic carbocycles. The van der Waals surface area contributed by atoms with Crippen LogP contribution in [0.3, 0.4) is 0 Å². The van der Waals surface area contributed by atoms with Crippen molar-refractivity contribution in [2.75, 3.05) is 0 Å². The normalized spacial score (nSPS) is 16.4. The predicted octanol–water partition coefficient (Wildman–Crippen LogP) is 6.48. The lowest BCUT2D eigenvalue weighted by Gasteiger charge is -2.40. The van der Waals surface area contributed by atoms with Crippen molar-refractivity contribution in [3.05, 3.63) is 0 Å². The first-order chi connectivity index (χ1) is 12.8. The Morgan fingerprint density at radius 2 is 1.07 bits per heavy atom. The van der Waals surface area contributed by atoms with Gasteiger partial charge in [-0.2, -0.15) is 57.1 Å². The number of carbonyl (C=O) groups excluding carboxylic acids is 1. The van der Waals surface area contributed by atoms with Crippen LogP contribution in [0.4, 0.5) is 57.1 Å². The Morgan fingerprint density at radius 1 is 0.700 bits per heavy atom. The number of ether oxygens (including phenoxy) is 1. The number of alkyl halides is 13. The van der Waals surface area contributed by atoms with Gasteiger partial charge in [0.1, 0.15) is 5.60 Å². The zero-order valence-electron chi connectivity index (χ0n) is 15.7. The van der Waals surface area contributed by atoms with Crippen molar-refractivity contribution in [2.45, 2.75) is 81.9 Å². The van der Waals surface area contributed by atoms with Crippen molar-refractivity contribution in [3.8, 4) is 0 Å². The number of rotatable bonds is 8. The molecule has 0 saturated carbocycles. The van der Waals surface area contributed by atoms with Crippen LogP contribution in [-0.2, 0) is 9.53 Å². The van der Waals surface area contributed by atoms with Crippen LogP contribution in [0.15, 0.2) is 0 Å². The monoisotopic (exact) mass is 476 g/mol. The summed E-state index contributed by atoms with van der Waals surface area (Å²) in [6.07, 6.45) is -10.8. The summed E-state index contributed by atoms with van der Waals surface area (Å²) < 4.78 is 174. The van der Waals surface area contributed by atoms with E-state index in [2.05, 4.69) is 4.74 Å². The number of hydrogen-bond donors (Lipinski definition) is 0. The molecule has 0 amide bonds. The van der Waals surface area contributed by atoms with Crippen molar-refractivity contribution in [1.82, 2.24) is 0 Å². The Kier molecular flexibility index (Phi) is 7.54. The fourth-order valence-corrected chi connectivity index (χ4v) is 2.02. The number of halogens is 13. The van der Waals surface area contributed by atoms with Crippen LogP contribution in [0.25, 0.3) is 0 Å². The topological polar surface area (TPSA) is 26.3 Å². The van der Waals surface area contributed by atoms with Gasteiger partial charge in [-0.3, -0.25) is 4.79 Å². The van der Waals surface area contributed by atoms with Crippen LogP contribution >= 0.6 is 0 Å². The standard InChI is InChI=1S/C15H17F13O2/c1-5-7(8(29)30-9(2,3)4)6-10(16,17)11(18,19)12(20,21)13(22,23)14(24,25)15(26,27)28/h7H,5-6H2,1-4H3. The molecule has 0 fully saturated rings. The van der Waals surface area contributed by atoms with E-state index in [4.69, 9.17) is 0 Å². The molecule has 1 atom stereocenters. The first-order valence-corrected chi connectivity index (χ1v) is 7.98. The Labute approximate surface area is 161 Å². The minimum atomic E-state index is -7.96. The summed E-state index contributed by atoms with van der Waals surface area (Å²) in [5, 5.41) is 0. The summed E-state index contributed by atoms with van der Waals surface area (Å²) in [6, 6.07) is 0. The average Bonchev–Trinajstić information content (AvgIpc) is 2.48. The Balaban J connectivity index is 6.15. The van der Waals surface area contributed by atoms with Gasteiger partial charge in [0, 0.05) is 6.42 Å². The van der Waals surface area contributed by atoms with E-state index in [1.165, 1.54) is 20.8 Å². The molecule has 0 aromatic carbocycles. The quantitative estimate of drug-likeness (QED) is 0.296. The van der Waals surface area contributed by atoms with Gasteiger partial charge in [-0.25, -0.2) is 0 Å². The lowest BCUT2D eigenvalue weighted by molar-refractivity contribution is -0.440. The molecule has 0 radical (unpaired) electrons. The van der Waals surface area contributed by atoms with Crippen molar-refractivity contribution in [1.29, 1.82) is 0 Å². The molecule has 0 aliphatic heterocycles. The lowest BCUT2D eigenvalue weighted by Crippen LogP contribution is -2.70. The van der Waals surface area contributed by atoms with E-state index >= 15 is 0 Å². The molecule has 0 bridgehead atoms. The summed E-state index contributed by atoms with van der Waals surface area (Å²) in [5.74, 6) is -41.2. The molecular formula is C15H17F13O2. The maximum absolute atomic E-state index is 13.8. The van der Waals surface area contributed by atoms with Crippen LogP contribution in [0, 0.1) is 5.92 Å². The molecule has 0 saturated heterocycles. The maximum atomic E-state index is 13.8. The molecule has 1 unspecified atom stereocenters. The highest BCUT2D eigenvalue weighted by molar-refractivity contribution is 5.73. The molecule has 2 nitrogen and oxygen atoms in total. The highest BCUT2D eigenvalue weighted by atomic mass is 19.4. The summed E-state index contributed by atoms with van der Waals surface area (Å²) in [5.41, 5.74) is -1.37. The fourth-order valence-electron chi connectivity index (χ4n) is 2.02. The average molecular weight is 476 g/mol.